The van der Waals surface area contributed by atoms with Crippen LogP contribution >= 0.6 is 0 Å². The minimum atomic E-state index is 0.599. The molecule has 2 aromatic rings. The summed E-state index contributed by atoms with van der Waals surface area (Å²) >= 11 is 0. The molecule has 0 saturated heterocycles. The second-order valence-corrected chi connectivity index (χ2v) is 4.16. The Morgan fingerprint density at radius 1 is 1.33 bits per heavy atom. The van der Waals surface area contributed by atoms with E-state index in [1.54, 1.807) is 0 Å². The normalized spacial score (nSPS) is 13.2. The topological polar surface area (TPSA) is 17.3 Å². The molecule has 0 aliphatic rings. The van der Waals surface area contributed by atoms with Crippen LogP contribution in [0.3, 0.4) is 0 Å². The molecule has 1 unspecified atom stereocenters. The Balaban J connectivity index is 2.27. The van der Waals surface area contributed by atoms with Crippen molar-refractivity contribution in [3.63, 3.8) is 0 Å². The molecular weight excluding hydrogens is 184 g/mol. The van der Waals surface area contributed by atoms with Crippen LogP contribution in [0.4, 0.5) is 0 Å². The molecule has 2 aromatic heterocycles. The molecule has 80 valence electrons. The van der Waals surface area contributed by atoms with Gasteiger partial charge in [-0.3, -0.25) is 0 Å². The van der Waals surface area contributed by atoms with Gasteiger partial charge in [0.2, 0.25) is 0 Å². The van der Waals surface area contributed by atoms with Crippen LogP contribution < -0.4 is 0 Å². The van der Waals surface area contributed by atoms with Gasteiger partial charge in [0.05, 0.1) is 5.52 Å². The molecule has 0 aliphatic heterocycles. The van der Waals surface area contributed by atoms with Crippen LogP contribution in [0.1, 0.15) is 44.7 Å². The van der Waals surface area contributed by atoms with Crippen molar-refractivity contribution < 1.29 is 0 Å². The van der Waals surface area contributed by atoms with Gasteiger partial charge in [-0.2, -0.15) is 5.10 Å². The Labute approximate surface area is 90.9 Å². The predicted molar refractivity (Wildman–Crippen MR) is 63.1 cm³/mol. The van der Waals surface area contributed by atoms with Gasteiger partial charge in [0, 0.05) is 11.9 Å². The van der Waals surface area contributed by atoms with Gasteiger partial charge < -0.3 is 0 Å². The summed E-state index contributed by atoms with van der Waals surface area (Å²) in [4.78, 5) is 0. The van der Waals surface area contributed by atoms with Crippen LogP contribution in [0, 0.1) is 0 Å². The van der Waals surface area contributed by atoms with E-state index >= 15 is 0 Å². The monoisotopic (exact) mass is 202 g/mol. The number of hydrogen-bond donors (Lipinski definition) is 0. The fourth-order valence-corrected chi connectivity index (χ4v) is 2.00. The van der Waals surface area contributed by atoms with Gasteiger partial charge in [0.25, 0.3) is 0 Å². The van der Waals surface area contributed by atoms with Gasteiger partial charge in [-0.05, 0) is 36.6 Å². The van der Waals surface area contributed by atoms with Crippen LogP contribution in [0.5, 0.6) is 0 Å². The average Bonchev–Trinajstić information content (AvgIpc) is 2.69. The molecule has 0 aliphatic carbocycles. The van der Waals surface area contributed by atoms with Gasteiger partial charge in [0.15, 0.2) is 0 Å². The lowest BCUT2D eigenvalue weighted by Crippen LogP contribution is -2.01. The first-order chi connectivity index (χ1) is 7.33. The minimum absolute atomic E-state index is 0.599. The van der Waals surface area contributed by atoms with Crippen molar-refractivity contribution in [1.82, 2.24) is 9.61 Å². The molecular formula is C13H18N2. The highest BCUT2D eigenvalue weighted by atomic mass is 15.2. The SMILES string of the molecule is CCCCC(C)c1ccc2cccnn12. The summed E-state index contributed by atoms with van der Waals surface area (Å²) in [6.07, 6.45) is 5.66. The van der Waals surface area contributed by atoms with Crippen LogP contribution in [0.25, 0.3) is 5.52 Å². The zero-order valence-electron chi connectivity index (χ0n) is 9.48. The molecule has 0 fully saturated rings. The molecule has 0 spiro atoms. The predicted octanol–water partition coefficient (Wildman–Crippen LogP) is 3.63. The van der Waals surface area contributed by atoms with Crippen LogP contribution in [-0.2, 0) is 0 Å². The smallest absolute Gasteiger partial charge is 0.0650 e. The van der Waals surface area contributed by atoms with E-state index in [0.29, 0.717) is 5.92 Å². The molecule has 2 heteroatoms. The third kappa shape index (κ3) is 2.04. The molecule has 2 rings (SSSR count). The van der Waals surface area contributed by atoms with E-state index in [1.165, 1.54) is 30.5 Å². The lowest BCUT2D eigenvalue weighted by atomic mass is 10.0. The van der Waals surface area contributed by atoms with Crippen LogP contribution in [-0.4, -0.2) is 9.61 Å². The highest BCUT2D eigenvalue weighted by molar-refractivity contribution is 5.48. The first kappa shape index (κ1) is 10.2. The quantitative estimate of drug-likeness (QED) is 0.740. The largest absolute Gasteiger partial charge is 0.238 e. The Hall–Kier alpha value is -1.31. The first-order valence-electron chi connectivity index (χ1n) is 5.75. The zero-order valence-corrected chi connectivity index (χ0v) is 9.48. The number of aromatic nitrogens is 2. The summed E-state index contributed by atoms with van der Waals surface area (Å²) in [5, 5.41) is 4.39. The van der Waals surface area contributed by atoms with E-state index in [4.69, 9.17) is 0 Å². The number of unbranched alkanes of at least 4 members (excludes halogenated alkanes) is 1. The number of fused-ring (bicyclic) bond motifs is 1. The standard InChI is InChI=1S/C13H18N2/c1-3-4-6-11(2)13-9-8-12-7-5-10-14-15(12)13/h5,7-11H,3-4,6H2,1-2H3. The van der Waals surface area contributed by atoms with Crippen LogP contribution in [0.2, 0.25) is 0 Å². The summed E-state index contributed by atoms with van der Waals surface area (Å²) in [5.74, 6) is 0.599. The summed E-state index contributed by atoms with van der Waals surface area (Å²) in [6.45, 7) is 4.52. The maximum atomic E-state index is 4.39. The molecule has 2 heterocycles. The van der Waals surface area contributed by atoms with E-state index in [0.717, 1.165) is 0 Å². The molecule has 2 nitrogen and oxygen atoms in total. The van der Waals surface area contributed by atoms with E-state index in [9.17, 15) is 0 Å². The van der Waals surface area contributed by atoms with Crippen molar-refractivity contribution in [2.75, 3.05) is 0 Å². The Bertz CT molecular complexity index is 431. The molecule has 0 saturated carbocycles. The summed E-state index contributed by atoms with van der Waals surface area (Å²) in [6, 6.07) is 8.42. The van der Waals surface area contributed by atoms with Crippen molar-refractivity contribution in [3.05, 3.63) is 36.2 Å². The lowest BCUT2D eigenvalue weighted by Gasteiger charge is -2.10. The molecule has 0 bridgehead atoms. The average molecular weight is 202 g/mol. The van der Waals surface area contributed by atoms with E-state index < -0.39 is 0 Å². The molecule has 15 heavy (non-hydrogen) atoms. The molecule has 0 amide bonds. The van der Waals surface area contributed by atoms with E-state index in [2.05, 4.69) is 41.7 Å². The van der Waals surface area contributed by atoms with Gasteiger partial charge >= 0.3 is 0 Å². The zero-order chi connectivity index (χ0) is 10.7. The maximum absolute atomic E-state index is 4.39. The molecule has 1 atom stereocenters. The van der Waals surface area contributed by atoms with E-state index in [1.807, 2.05) is 12.3 Å². The molecule has 0 radical (unpaired) electrons. The lowest BCUT2D eigenvalue weighted by molar-refractivity contribution is 0.598. The number of hydrogen-bond acceptors (Lipinski definition) is 1. The van der Waals surface area contributed by atoms with Gasteiger partial charge in [-0.25, -0.2) is 4.52 Å². The van der Waals surface area contributed by atoms with E-state index in [-0.39, 0.29) is 0 Å². The van der Waals surface area contributed by atoms with Crippen LogP contribution in [0.15, 0.2) is 30.5 Å². The fourth-order valence-electron chi connectivity index (χ4n) is 2.00. The van der Waals surface area contributed by atoms with Crippen molar-refractivity contribution in [2.45, 2.75) is 39.0 Å². The highest BCUT2D eigenvalue weighted by Crippen LogP contribution is 2.22. The third-order valence-electron chi connectivity index (χ3n) is 2.94. The van der Waals surface area contributed by atoms with Gasteiger partial charge in [-0.1, -0.05) is 26.7 Å². The van der Waals surface area contributed by atoms with Crippen molar-refractivity contribution in [3.8, 4) is 0 Å². The summed E-state index contributed by atoms with van der Waals surface area (Å²) in [7, 11) is 0. The molecule has 0 N–H and O–H groups in total. The first-order valence-corrected chi connectivity index (χ1v) is 5.75. The third-order valence-corrected chi connectivity index (χ3v) is 2.94. The highest BCUT2D eigenvalue weighted by Gasteiger charge is 2.09. The summed E-state index contributed by atoms with van der Waals surface area (Å²) in [5.41, 5.74) is 2.52. The van der Waals surface area contributed by atoms with Crippen molar-refractivity contribution in [2.24, 2.45) is 0 Å². The number of nitrogens with zero attached hydrogens (tertiary/aromatic N) is 2. The molecule has 0 aromatic carbocycles. The van der Waals surface area contributed by atoms with Crippen molar-refractivity contribution >= 4 is 5.52 Å². The van der Waals surface area contributed by atoms with Crippen molar-refractivity contribution in [1.29, 1.82) is 0 Å². The Morgan fingerprint density at radius 2 is 2.20 bits per heavy atom. The fraction of sp³-hybridized carbons (Fsp3) is 0.462. The minimum Gasteiger partial charge on any atom is -0.238 e. The maximum Gasteiger partial charge on any atom is 0.0650 e. The second-order valence-electron chi connectivity index (χ2n) is 4.16. The number of rotatable bonds is 4. The Morgan fingerprint density at radius 3 is 3.00 bits per heavy atom. The Kier molecular flexibility index (Phi) is 3.05. The van der Waals surface area contributed by atoms with Gasteiger partial charge in [-0.15, -0.1) is 0 Å². The second kappa shape index (κ2) is 4.47. The van der Waals surface area contributed by atoms with Gasteiger partial charge in [0.1, 0.15) is 0 Å². The summed E-state index contributed by atoms with van der Waals surface area (Å²) < 4.78 is 2.06.